The van der Waals surface area contributed by atoms with Crippen LogP contribution in [0.15, 0.2) is 29.6 Å². The van der Waals surface area contributed by atoms with Gasteiger partial charge in [-0.25, -0.2) is 14.0 Å². The van der Waals surface area contributed by atoms with Crippen molar-refractivity contribution in [2.75, 3.05) is 0 Å². The number of carboxylic acids is 2. The van der Waals surface area contributed by atoms with Crippen LogP contribution in [-0.2, 0) is 0 Å². The van der Waals surface area contributed by atoms with E-state index in [1.54, 1.807) is 0 Å². The quantitative estimate of drug-likeness (QED) is 0.895. The van der Waals surface area contributed by atoms with Crippen molar-refractivity contribution in [1.82, 2.24) is 0 Å². The lowest BCUT2D eigenvalue weighted by Crippen LogP contribution is -2.00. The average Bonchev–Trinajstić information content (AvgIpc) is 2.78. The van der Waals surface area contributed by atoms with Gasteiger partial charge >= 0.3 is 11.9 Å². The number of carbonyl (C=O) groups is 2. The van der Waals surface area contributed by atoms with E-state index in [2.05, 4.69) is 0 Å². The second-order valence-electron chi connectivity index (χ2n) is 3.50. The van der Waals surface area contributed by atoms with Crippen LogP contribution in [0.1, 0.15) is 20.0 Å². The topological polar surface area (TPSA) is 74.6 Å². The fourth-order valence-electron chi connectivity index (χ4n) is 1.53. The average molecular weight is 266 g/mol. The molecule has 1 heterocycles. The molecular formula is C12H7FO4S. The fourth-order valence-corrected chi connectivity index (χ4v) is 2.28. The molecule has 0 saturated heterocycles. The predicted molar refractivity (Wildman–Crippen MR) is 63.6 cm³/mol. The van der Waals surface area contributed by atoms with E-state index in [9.17, 15) is 14.0 Å². The van der Waals surface area contributed by atoms with E-state index in [1.807, 2.05) is 0 Å². The van der Waals surface area contributed by atoms with E-state index in [0.29, 0.717) is 11.1 Å². The third kappa shape index (κ3) is 2.23. The highest BCUT2D eigenvalue weighted by Crippen LogP contribution is 2.29. The first kappa shape index (κ1) is 12.3. The van der Waals surface area contributed by atoms with Gasteiger partial charge in [-0.15, -0.1) is 11.3 Å². The van der Waals surface area contributed by atoms with Crippen molar-refractivity contribution in [2.45, 2.75) is 0 Å². The van der Waals surface area contributed by atoms with Crippen molar-refractivity contribution in [3.8, 4) is 11.1 Å². The Morgan fingerprint density at radius 1 is 1.11 bits per heavy atom. The Hall–Kier alpha value is -2.21. The zero-order valence-corrected chi connectivity index (χ0v) is 9.70. The van der Waals surface area contributed by atoms with Crippen LogP contribution in [0.25, 0.3) is 11.1 Å². The van der Waals surface area contributed by atoms with Crippen LogP contribution < -0.4 is 0 Å². The first-order chi connectivity index (χ1) is 8.49. The van der Waals surface area contributed by atoms with Crippen LogP contribution in [0.2, 0.25) is 0 Å². The molecule has 0 bridgehead atoms. The van der Waals surface area contributed by atoms with E-state index < -0.39 is 17.8 Å². The lowest BCUT2D eigenvalue weighted by molar-refractivity contribution is 0.0689. The Morgan fingerprint density at radius 2 is 1.83 bits per heavy atom. The van der Waals surface area contributed by atoms with Crippen LogP contribution >= 0.6 is 11.3 Å². The summed E-state index contributed by atoms with van der Waals surface area (Å²) in [5, 5.41) is 19.3. The summed E-state index contributed by atoms with van der Waals surface area (Å²) in [5.74, 6) is -2.98. The van der Waals surface area contributed by atoms with E-state index in [1.165, 1.54) is 17.5 Å². The van der Waals surface area contributed by atoms with Crippen molar-refractivity contribution in [3.05, 3.63) is 45.9 Å². The van der Waals surface area contributed by atoms with Gasteiger partial charge in [0.25, 0.3) is 0 Å². The van der Waals surface area contributed by atoms with E-state index in [0.717, 1.165) is 23.5 Å². The van der Waals surface area contributed by atoms with Crippen molar-refractivity contribution < 1.29 is 24.2 Å². The Labute approximate surface area is 105 Å². The summed E-state index contributed by atoms with van der Waals surface area (Å²) in [7, 11) is 0. The van der Waals surface area contributed by atoms with Gasteiger partial charge in [-0.1, -0.05) is 6.07 Å². The van der Waals surface area contributed by atoms with Gasteiger partial charge in [0.05, 0.1) is 5.56 Å². The molecule has 2 N–H and O–H groups in total. The highest BCUT2D eigenvalue weighted by molar-refractivity contribution is 7.12. The molecule has 0 atom stereocenters. The number of carboxylic acid groups (broad SMARTS) is 2. The van der Waals surface area contributed by atoms with Crippen molar-refractivity contribution >= 4 is 23.3 Å². The van der Waals surface area contributed by atoms with Gasteiger partial charge in [-0.3, -0.25) is 0 Å². The molecule has 2 rings (SSSR count). The summed E-state index contributed by atoms with van der Waals surface area (Å²) in [4.78, 5) is 21.9. The molecule has 0 unspecified atom stereocenters. The molecule has 2 aromatic rings. The second-order valence-corrected chi connectivity index (χ2v) is 4.41. The summed E-state index contributed by atoms with van der Waals surface area (Å²) in [6, 6.07) is 4.74. The van der Waals surface area contributed by atoms with E-state index in [4.69, 9.17) is 10.2 Å². The Balaban J connectivity index is 2.55. The molecule has 6 heteroatoms. The van der Waals surface area contributed by atoms with E-state index >= 15 is 0 Å². The number of benzene rings is 1. The standard InChI is InChI=1S/C12H7FO4S/c13-7-1-2-8(9(4-7)11(14)15)6-3-10(12(16)17)18-5-6/h1-5H,(H,14,15)(H,16,17). The molecule has 18 heavy (non-hydrogen) atoms. The molecule has 0 aliphatic carbocycles. The van der Waals surface area contributed by atoms with Crippen molar-refractivity contribution in [2.24, 2.45) is 0 Å². The lowest BCUT2D eigenvalue weighted by Gasteiger charge is -2.03. The van der Waals surface area contributed by atoms with Crippen LogP contribution in [0, 0.1) is 5.82 Å². The van der Waals surface area contributed by atoms with Crippen LogP contribution in [0.4, 0.5) is 4.39 Å². The molecule has 0 spiro atoms. The maximum Gasteiger partial charge on any atom is 0.345 e. The summed E-state index contributed by atoms with van der Waals surface area (Å²) in [6.07, 6.45) is 0. The molecule has 1 aromatic carbocycles. The molecule has 0 fully saturated rings. The minimum atomic E-state index is -1.26. The number of aromatic carboxylic acids is 2. The zero-order valence-electron chi connectivity index (χ0n) is 8.88. The summed E-state index contributed by atoms with van der Waals surface area (Å²) < 4.78 is 13.0. The highest BCUT2D eigenvalue weighted by Gasteiger charge is 2.15. The monoisotopic (exact) mass is 266 g/mol. The van der Waals surface area contributed by atoms with Crippen molar-refractivity contribution in [3.63, 3.8) is 0 Å². The molecule has 1 aromatic heterocycles. The van der Waals surface area contributed by atoms with Gasteiger partial charge in [-0.2, -0.15) is 0 Å². The van der Waals surface area contributed by atoms with Crippen molar-refractivity contribution in [1.29, 1.82) is 0 Å². The maximum atomic E-state index is 13.0. The first-order valence-electron chi connectivity index (χ1n) is 4.84. The predicted octanol–water partition coefficient (Wildman–Crippen LogP) is 2.95. The normalized spacial score (nSPS) is 10.3. The minimum Gasteiger partial charge on any atom is -0.478 e. The molecular weight excluding hydrogens is 259 g/mol. The molecule has 0 saturated carbocycles. The molecule has 0 aliphatic heterocycles. The molecule has 4 nitrogen and oxygen atoms in total. The first-order valence-corrected chi connectivity index (χ1v) is 5.72. The van der Waals surface area contributed by atoms with Gasteiger partial charge in [-0.05, 0) is 34.7 Å². The minimum absolute atomic E-state index is 0.102. The third-order valence-electron chi connectivity index (χ3n) is 2.33. The smallest absolute Gasteiger partial charge is 0.345 e. The summed E-state index contributed by atoms with van der Waals surface area (Å²) >= 11 is 0.991. The number of hydrogen-bond donors (Lipinski definition) is 2. The Kier molecular flexibility index (Phi) is 3.12. The SMILES string of the molecule is O=C(O)c1cc(-c2ccc(F)cc2C(=O)O)cs1. The summed E-state index contributed by atoms with van der Waals surface area (Å²) in [6.45, 7) is 0. The zero-order chi connectivity index (χ0) is 13.3. The molecule has 0 aliphatic rings. The van der Waals surface area contributed by atoms with Gasteiger partial charge in [0, 0.05) is 0 Å². The number of halogens is 1. The third-order valence-corrected chi connectivity index (χ3v) is 3.25. The highest BCUT2D eigenvalue weighted by atomic mass is 32.1. The van der Waals surface area contributed by atoms with Gasteiger partial charge in [0.15, 0.2) is 0 Å². The van der Waals surface area contributed by atoms with Gasteiger partial charge < -0.3 is 10.2 Å². The van der Waals surface area contributed by atoms with Gasteiger partial charge in [0.2, 0.25) is 0 Å². The molecule has 0 amide bonds. The largest absolute Gasteiger partial charge is 0.478 e. The van der Waals surface area contributed by atoms with Crippen LogP contribution in [-0.4, -0.2) is 22.2 Å². The number of rotatable bonds is 3. The fraction of sp³-hybridized carbons (Fsp3) is 0. The van der Waals surface area contributed by atoms with Crippen LogP contribution in [0.3, 0.4) is 0 Å². The van der Waals surface area contributed by atoms with Gasteiger partial charge in [0.1, 0.15) is 10.7 Å². The summed E-state index contributed by atoms with van der Waals surface area (Å²) in [5.41, 5.74) is 0.562. The van der Waals surface area contributed by atoms with Crippen LogP contribution in [0.5, 0.6) is 0 Å². The van der Waals surface area contributed by atoms with E-state index in [-0.39, 0.29) is 10.4 Å². The Bertz CT molecular complexity index is 633. The molecule has 0 radical (unpaired) electrons. The maximum absolute atomic E-state index is 13.0. The Morgan fingerprint density at radius 3 is 2.39 bits per heavy atom. The molecule has 92 valence electrons. The number of hydrogen-bond acceptors (Lipinski definition) is 3. The lowest BCUT2D eigenvalue weighted by atomic mass is 10.0. The second kappa shape index (κ2) is 4.58. The number of thiophene rings is 1.